The van der Waals surface area contributed by atoms with E-state index in [1.54, 1.807) is 12.1 Å². The van der Waals surface area contributed by atoms with Crippen molar-refractivity contribution in [3.05, 3.63) is 66.7 Å². The van der Waals surface area contributed by atoms with Crippen LogP contribution in [0.3, 0.4) is 0 Å². The highest BCUT2D eigenvalue weighted by Gasteiger charge is 2.10. The maximum atomic E-state index is 9.74. The number of hydrogen-bond donors (Lipinski definition) is 3. The first-order valence-electron chi connectivity index (χ1n) is 10.0. The molecule has 0 bridgehead atoms. The molecule has 1 aromatic heterocycles. The molecule has 4 aromatic rings. The highest BCUT2D eigenvalue weighted by atomic mass is 16.3. The van der Waals surface area contributed by atoms with E-state index in [1.165, 1.54) is 5.69 Å². The van der Waals surface area contributed by atoms with Gasteiger partial charge in [0.25, 0.3) is 0 Å². The highest BCUT2D eigenvalue weighted by molar-refractivity contribution is 5.82. The Morgan fingerprint density at radius 3 is 2.43 bits per heavy atom. The van der Waals surface area contributed by atoms with Gasteiger partial charge in [0.1, 0.15) is 11.3 Å². The third-order valence-electron chi connectivity index (χ3n) is 5.24. The molecule has 3 aromatic carbocycles. The number of anilines is 3. The summed E-state index contributed by atoms with van der Waals surface area (Å²) in [6.45, 7) is 4.07. The number of phenols is 1. The summed E-state index contributed by atoms with van der Waals surface area (Å²) in [5.41, 5.74) is 5.48. The summed E-state index contributed by atoms with van der Waals surface area (Å²) in [6, 6.07) is 21.3. The summed E-state index contributed by atoms with van der Waals surface area (Å²) in [5.74, 6) is 0.686. The smallest absolute Gasteiger partial charge is 0.247 e. The predicted octanol–water partition coefficient (Wildman–Crippen LogP) is 3.55. The largest absolute Gasteiger partial charge is 0.508 e. The average molecular weight is 398 g/mol. The second kappa shape index (κ2) is 7.96. The van der Waals surface area contributed by atoms with Crippen LogP contribution in [-0.4, -0.2) is 46.5 Å². The van der Waals surface area contributed by atoms with E-state index in [4.69, 9.17) is 0 Å². The lowest BCUT2D eigenvalue weighted by atomic mass is 10.0. The molecule has 1 aliphatic heterocycles. The van der Waals surface area contributed by atoms with E-state index in [0.717, 1.165) is 54.0 Å². The number of phenolic OH excluding ortho intramolecular Hbond substituents is 1. The summed E-state index contributed by atoms with van der Waals surface area (Å²) in [5, 5.41) is 24.8. The number of piperazine rings is 1. The number of nitrogens with zero attached hydrogens (tertiary/aromatic N) is 4. The van der Waals surface area contributed by atoms with Crippen LogP contribution in [0.1, 0.15) is 0 Å². The average Bonchev–Trinajstić information content (AvgIpc) is 2.80. The molecule has 0 amide bonds. The molecule has 150 valence electrons. The fraction of sp³-hybridized carbons (Fsp3) is 0.174. The highest BCUT2D eigenvalue weighted by Crippen LogP contribution is 2.26. The standard InChI is InChI=1S/C23H22N6O/c30-20-3-1-2-16(14-20)17-4-9-21-22(15-17)26-23(28-27-21)25-18-5-7-19(8-6-18)29-12-10-24-11-13-29/h1-9,14-15,24,30H,10-13H2,(H,25,26,28). The molecule has 0 radical (unpaired) electrons. The van der Waals surface area contributed by atoms with Crippen molar-refractivity contribution in [2.24, 2.45) is 0 Å². The Morgan fingerprint density at radius 1 is 0.833 bits per heavy atom. The molecule has 0 spiro atoms. The van der Waals surface area contributed by atoms with Crippen molar-refractivity contribution in [1.29, 1.82) is 0 Å². The first-order valence-corrected chi connectivity index (χ1v) is 10.0. The Hall–Kier alpha value is -3.71. The minimum Gasteiger partial charge on any atom is -0.508 e. The molecule has 5 rings (SSSR count). The summed E-state index contributed by atoms with van der Waals surface area (Å²) in [6.07, 6.45) is 0. The van der Waals surface area contributed by atoms with Gasteiger partial charge in [-0.15, -0.1) is 10.2 Å². The number of hydrogen-bond acceptors (Lipinski definition) is 7. The van der Waals surface area contributed by atoms with Crippen molar-refractivity contribution in [3.63, 3.8) is 0 Å². The molecule has 1 fully saturated rings. The lowest BCUT2D eigenvalue weighted by Gasteiger charge is -2.29. The zero-order valence-corrected chi connectivity index (χ0v) is 16.4. The van der Waals surface area contributed by atoms with Crippen molar-refractivity contribution in [3.8, 4) is 16.9 Å². The molecule has 7 nitrogen and oxygen atoms in total. The predicted molar refractivity (Wildman–Crippen MR) is 119 cm³/mol. The number of rotatable bonds is 4. The Labute approximate surface area is 174 Å². The number of nitrogens with one attached hydrogen (secondary N) is 2. The Kier molecular flexibility index (Phi) is 4.86. The van der Waals surface area contributed by atoms with Crippen LogP contribution in [0.15, 0.2) is 66.7 Å². The van der Waals surface area contributed by atoms with E-state index in [2.05, 4.69) is 42.8 Å². The van der Waals surface area contributed by atoms with Gasteiger partial charge in [0.05, 0.1) is 5.52 Å². The summed E-state index contributed by atoms with van der Waals surface area (Å²) in [4.78, 5) is 7.00. The van der Waals surface area contributed by atoms with E-state index in [1.807, 2.05) is 42.5 Å². The zero-order chi connectivity index (χ0) is 20.3. The van der Waals surface area contributed by atoms with Gasteiger partial charge >= 0.3 is 0 Å². The van der Waals surface area contributed by atoms with Gasteiger partial charge in [-0.2, -0.15) is 0 Å². The van der Waals surface area contributed by atoms with E-state index in [-0.39, 0.29) is 5.75 Å². The molecule has 1 saturated heterocycles. The summed E-state index contributed by atoms with van der Waals surface area (Å²) >= 11 is 0. The van der Waals surface area contributed by atoms with Gasteiger partial charge in [0.15, 0.2) is 0 Å². The molecule has 0 aliphatic carbocycles. The normalized spacial score (nSPS) is 14.1. The molecule has 2 heterocycles. The van der Waals surface area contributed by atoms with Gasteiger partial charge in [-0.3, -0.25) is 0 Å². The van der Waals surface area contributed by atoms with Gasteiger partial charge in [-0.25, -0.2) is 4.98 Å². The molecular weight excluding hydrogens is 376 g/mol. The van der Waals surface area contributed by atoms with Crippen LogP contribution in [-0.2, 0) is 0 Å². The first-order chi connectivity index (χ1) is 14.7. The van der Waals surface area contributed by atoms with E-state index < -0.39 is 0 Å². The Bertz CT molecular complexity index is 1170. The summed E-state index contributed by atoms with van der Waals surface area (Å²) < 4.78 is 0. The molecular formula is C23H22N6O. The minimum absolute atomic E-state index is 0.236. The van der Waals surface area contributed by atoms with E-state index in [9.17, 15) is 5.11 Å². The molecule has 7 heteroatoms. The lowest BCUT2D eigenvalue weighted by Crippen LogP contribution is -2.43. The maximum Gasteiger partial charge on any atom is 0.247 e. The topological polar surface area (TPSA) is 86.2 Å². The van der Waals surface area contributed by atoms with Crippen LogP contribution in [0.5, 0.6) is 5.75 Å². The van der Waals surface area contributed by atoms with Crippen LogP contribution < -0.4 is 15.5 Å². The molecule has 3 N–H and O–H groups in total. The monoisotopic (exact) mass is 398 g/mol. The van der Waals surface area contributed by atoms with Gasteiger partial charge in [-0.1, -0.05) is 18.2 Å². The van der Waals surface area contributed by atoms with Gasteiger partial charge in [-0.05, 0) is 59.7 Å². The number of benzene rings is 3. The van der Waals surface area contributed by atoms with Crippen LogP contribution in [0.25, 0.3) is 22.2 Å². The molecule has 1 aliphatic rings. The van der Waals surface area contributed by atoms with Crippen molar-refractivity contribution in [2.75, 3.05) is 36.4 Å². The maximum absolute atomic E-state index is 9.74. The molecule has 0 atom stereocenters. The number of fused-ring (bicyclic) bond motifs is 1. The number of aromatic nitrogens is 3. The second-order valence-electron chi connectivity index (χ2n) is 7.30. The van der Waals surface area contributed by atoms with Crippen LogP contribution in [0.2, 0.25) is 0 Å². The number of aromatic hydroxyl groups is 1. The Balaban J connectivity index is 1.37. The van der Waals surface area contributed by atoms with Crippen molar-refractivity contribution < 1.29 is 5.11 Å². The molecule has 0 saturated carbocycles. The van der Waals surface area contributed by atoms with Gasteiger partial charge in [0.2, 0.25) is 5.95 Å². The fourth-order valence-corrected chi connectivity index (χ4v) is 3.66. The van der Waals surface area contributed by atoms with Crippen molar-refractivity contribution >= 4 is 28.4 Å². The van der Waals surface area contributed by atoms with Gasteiger partial charge < -0.3 is 20.6 Å². The summed E-state index contributed by atoms with van der Waals surface area (Å²) in [7, 11) is 0. The third kappa shape index (κ3) is 3.88. The van der Waals surface area contributed by atoms with Gasteiger partial charge in [0, 0.05) is 37.6 Å². The first kappa shape index (κ1) is 18.3. The SMILES string of the molecule is Oc1cccc(-c2ccc3nnc(Nc4ccc(N5CCNCC5)cc4)nc3c2)c1. The minimum atomic E-state index is 0.236. The van der Waals surface area contributed by atoms with Crippen molar-refractivity contribution in [1.82, 2.24) is 20.5 Å². The lowest BCUT2D eigenvalue weighted by molar-refractivity contribution is 0.475. The Morgan fingerprint density at radius 2 is 1.63 bits per heavy atom. The van der Waals surface area contributed by atoms with E-state index in [0.29, 0.717) is 5.95 Å². The zero-order valence-electron chi connectivity index (χ0n) is 16.4. The van der Waals surface area contributed by atoms with Crippen LogP contribution in [0, 0.1) is 0 Å². The van der Waals surface area contributed by atoms with Crippen LogP contribution >= 0.6 is 0 Å². The quantitative estimate of drug-likeness (QED) is 0.485. The second-order valence-corrected chi connectivity index (χ2v) is 7.30. The van der Waals surface area contributed by atoms with E-state index >= 15 is 0 Å². The fourth-order valence-electron chi connectivity index (χ4n) is 3.66. The van der Waals surface area contributed by atoms with Crippen molar-refractivity contribution in [2.45, 2.75) is 0 Å². The molecule has 30 heavy (non-hydrogen) atoms. The third-order valence-corrected chi connectivity index (χ3v) is 5.24. The van der Waals surface area contributed by atoms with Crippen LogP contribution in [0.4, 0.5) is 17.3 Å². The molecule has 0 unspecified atom stereocenters.